The summed E-state index contributed by atoms with van der Waals surface area (Å²) in [7, 11) is 4.00. The lowest BCUT2D eigenvalue weighted by atomic mass is 9.80. The summed E-state index contributed by atoms with van der Waals surface area (Å²) in [4.78, 5) is 32.1. The summed E-state index contributed by atoms with van der Waals surface area (Å²) in [5, 5.41) is 0. The van der Waals surface area contributed by atoms with Gasteiger partial charge in [-0.05, 0) is 63.7 Å². The van der Waals surface area contributed by atoms with Crippen molar-refractivity contribution < 1.29 is 14.3 Å². The van der Waals surface area contributed by atoms with E-state index in [0.29, 0.717) is 19.4 Å². The number of piperazine rings is 1. The summed E-state index contributed by atoms with van der Waals surface area (Å²) in [6.07, 6.45) is 1.87. The monoisotopic (exact) mass is 465 g/mol. The predicted molar refractivity (Wildman–Crippen MR) is 138 cm³/mol. The van der Waals surface area contributed by atoms with Gasteiger partial charge in [0.15, 0.2) is 5.78 Å². The van der Waals surface area contributed by atoms with Crippen molar-refractivity contribution in [3.8, 4) is 0 Å². The normalized spacial score (nSPS) is 16.3. The Morgan fingerprint density at radius 3 is 2.15 bits per heavy atom. The molecule has 0 aromatic heterocycles. The van der Waals surface area contributed by atoms with E-state index in [1.54, 1.807) is 0 Å². The van der Waals surface area contributed by atoms with Crippen LogP contribution in [0.2, 0.25) is 0 Å². The summed E-state index contributed by atoms with van der Waals surface area (Å²) in [6.45, 7) is 8.74. The molecule has 1 aliphatic rings. The third-order valence-electron chi connectivity index (χ3n) is 7.01. The van der Waals surface area contributed by atoms with Gasteiger partial charge in [0.1, 0.15) is 0 Å². The number of esters is 1. The van der Waals surface area contributed by atoms with E-state index in [4.69, 9.17) is 4.74 Å². The molecule has 1 fully saturated rings. The number of Topliss-reactive ketones (excluding diaryl/α,β-unsaturated/α-hetero) is 1. The number of likely N-dealkylation sites (N-methyl/N-ethyl adjacent to an activating group) is 1. The van der Waals surface area contributed by atoms with Crippen molar-refractivity contribution in [2.45, 2.75) is 38.6 Å². The number of ketones is 1. The zero-order valence-corrected chi connectivity index (χ0v) is 21.1. The van der Waals surface area contributed by atoms with Crippen LogP contribution in [0.5, 0.6) is 0 Å². The van der Waals surface area contributed by atoms with Crippen LogP contribution in [0, 0.1) is 0 Å². The maximum atomic E-state index is 13.7. The topological polar surface area (TPSA) is 53.1 Å². The van der Waals surface area contributed by atoms with Crippen molar-refractivity contribution in [2.75, 3.05) is 58.3 Å². The molecule has 0 N–H and O–H groups in total. The Bertz CT molecular complexity index is 922. The van der Waals surface area contributed by atoms with E-state index in [2.05, 4.69) is 45.9 Å². The Labute approximate surface area is 204 Å². The minimum Gasteiger partial charge on any atom is -0.466 e. The van der Waals surface area contributed by atoms with Crippen LogP contribution in [0.15, 0.2) is 54.6 Å². The average Bonchev–Trinajstić information content (AvgIpc) is 2.87. The Balaban J connectivity index is 1.64. The fourth-order valence-corrected chi connectivity index (χ4v) is 4.78. The number of benzene rings is 2. The van der Waals surface area contributed by atoms with Crippen molar-refractivity contribution in [1.29, 1.82) is 0 Å². The van der Waals surface area contributed by atoms with Gasteiger partial charge in [-0.2, -0.15) is 0 Å². The van der Waals surface area contributed by atoms with Crippen LogP contribution in [-0.4, -0.2) is 80.5 Å². The zero-order valence-electron chi connectivity index (χ0n) is 21.1. The molecule has 3 rings (SSSR count). The molecule has 6 nitrogen and oxygen atoms in total. The van der Waals surface area contributed by atoms with E-state index in [1.807, 2.05) is 51.4 Å². The smallest absolute Gasteiger partial charge is 0.307 e. The van der Waals surface area contributed by atoms with Crippen molar-refractivity contribution in [2.24, 2.45) is 0 Å². The van der Waals surface area contributed by atoms with Gasteiger partial charge >= 0.3 is 5.97 Å². The number of anilines is 1. The summed E-state index contributed by atoms with van der Waals surface area (Å²) in [5.41, 5.74) is 2.48. The van der Waals surface area contributed by atoms with Crippen LogP contribution in [-0.2, 0) is 16.0 Å². The molecule has 0 saturated carbocycles. The highest BCUT2D eigenvalue weighted by molar-refractivity contribution is 6.03. The summed E-state index contributed by atoms with van der Waals surface area (Å²) >= 11 is 0. The molecule has 1 atom stereocenters. The molecular formula is C28H39N3O3. The highest BCUT2D eigenvalue weighted by atomic mass is 16.5. The van der Waals surface area contributed by atoms with Gasteiger partial charge in [0.25, 0.3) is 0 Å². The number of hydrogen-bond donors (Lipinski definition) is 0. The van der Waals surface area contributed by atoms with Crippen molar-refractivity contribution in [1.82, 2.24) is 9.80 Å². The summed E-state index contributed by atoms with van der Waals surface area (Å²) in [6, 6.07) is 18.3. The largest absolute Gasteiger partial charge is 0.466 e. The van der Waals surface area contributed by atoms with Crippen molar-refractivity contribution in [3.05, 3.63) is 65.7 Å². The third-order valence-corrected chi connectivity index (χ3v) is 7.01. The van der Waals surface area contributed by atoms with Crippen LogP contribution in [0.4, 0.5) is 5.69 Å². The van der Waals surface area contributed by atoms with Crippen molar-refractivity contribution in [3.63, 3.8) is 0 Å². The summed E-state index contributed by atoms with van der Waals surface area (Å²) < 4.78 is 5.03. The van der Waals surface area contributed by atoms with E-state index >= 15 is 0 Å². The van der Waals surface area contributed by atoms with Crippen LogP contribution >= 0.6 is 0 Å². The van der Waals surface area contributed by atoms with Crippen LogP contribution < -0.4 is 4.90 Å². The molecule has 0 spiro atoms. The molecule has 0 bridgehead atoms. The predicted octanol–water partition coefficient (Wildman–Crippen LogP) is 3.90. The first-order valence-corrected chi connectivity index (χ1v) is 12.4. The molecule has 0 aliphatic carbocycles. The van der Waals surface area contributed by atoms with Crippen LogP contribution in [0.3, 0.4) is 0 Å². The van der Waals surface area contributed by atoms with Crippen molar-refractivity contribution >= 4 is 17.4 Å². The van der Waals surface area contributed by atoms with Gasteiger partial charge in [0.05, 0.1) is 18.6 Å². The highest BCUT2D eigenvalue weighted by Gasteiger charge is 2.39. The quantitative estimate of drug-likeness (QED) is 0.371. The zero-order chi connectivity index (χ0) is 24.6. The van der Waals surface area contributed by atoms with Gasteiger partial charge in [-0.3, -0.25) is 19.4 Å². The number of carbonyl (C=O) groups excluding carboxylic acids is 2. The van der Waals surface area contributed by atoms with Gasteiger partial charge in [0, 0.05) is 44.0 Å². The number of carbonyl (C=O) groups is 2. The minimum absolute atomic E-state index is 0.127. The number of ether oxygens (including phenoxy) is 1. The highest BCUT2D eigenvalue weighted by Crippen LogP contribution is 2.29. The lowest BCUT2D eigenvalue weighted by Crippen LogP contribution is -2.52. The molecule has 0 radical (unpaired) electrons. The Morgan fingerprint density at radius 1 is 0.941 bits per heavy atom. The fraction of sp³-hybridized carbons (Fsp3) is 0.500. The summed E-state index contributed by atoms with van der Waals surface area (Å²) in [5.74, 6) is 0.0394. The first kappa shape index (κ1) is 25.9. The molecule has 0 amide bonds. The lowest BCUT2D eigenvalue weighted by molar-refractivity contribution is -0.143. The number of hydrogen-bond acceptors (Lipinski definition) is 6. The molecule has 184 valence electrons. The molecule has 6 heteroatoms. The molecule has 2 aromatic carbocycles. The Hall–Kier alpha value is -2.70. The molecule has 2 aromatic rings. The molecule has 34 heavy (non-hydrogen) atoms. The molecule has 1 unspecified atom stereocenters. The van der Waals surface area contributed by atoms with Gasteiger partial charge in [-0.1, -0.05) is 37.3 Å². The molecular weight excluding hydrogens is 426 g/mol. The molecule has 1 saturated heterocycles. The minimum atomic E-state index is -0.576. The number of nitrogens with zero attached hydrogens (tertiary/aromatic N) is 3. The maximum absolute atomic E-state index is 13.7. The molecule has 1 aliphatic heterocycles. The van der Waals surface area contributed by atoms with Gasteiger partial charge in [-0.15, -0.1) is 0 Å². The standard InChI is InChI=1S/C28H39N3O3/c1-5-28(29(3)4,22-23-10-8-7-9-11-23)27(33)24-12-14-25(15-13-24)31-20-18-30(19-21-31)17-16-26(32)34-6-2/h7-15H,5-6,16-22H2,1-4H3. The fourth-order valence-electron chi connectivity index (χ4n) is 4.78. The first-order valence-electron chi connectivity index (χ1n) is 12.4. The maximum Gasteiger partial charge on any atom is 0.307 e. The van der Waals surface area contributed by atoms with E-state index in [9.17, 15) is 9.59 Å². The SMILES string of the molecule is CCOC(=O)CCN1CCN(c2ccc(C(=O)C(CC)(Cc3ccccc3)N(C)C)cc2)CC1. The molecule has 1 heterocycles. The first-order chi connectivity index (χ1) is 16.4. The Kier molecular flexibility index (Phi) is 9.25. The lowest BCUT2D eigenvalue weighted by Gasteiger charge is -2.38. The number of rotatable bonds is 11. The van der Waals surface area contributed by atoms with E-state index in [1.165, 1.54) is 5.56 Å². The van der Waals surface area contributed by atoms with Gasteiger partial charge in [-0.25, -0.2) is 0 Å². The van der Waals surface area contributed by atoms with E-state index in [0.717, 1.165) is 50.4 Å². The van der Waals surface area contributed by atoms with Gasteiger partial charge < -0.3 is 9.64 Å². The second-order valence-corrected chi connectivity index (χ2v) is 9.20. The second kappa shape index (κ2) is 12.1. The second-order valence-electron chi connectivity index (χ2n) is 9.20. The van der Waals surface area contributed by atoms with Crippen LogP contribution in [0.1, 0.15) is 42.6 Å². The van der Waals surface area contributed by atoms with Gasteiger partial charge in [0.2, 0.25) is 0 Å². The third kappa shape index (κ3) is 6.24. The Morgan fingerprint density at radius 2 is 1.59 bits per heavy atom. The van der Waals surface area contributed by atoms with E-state index < -0.39 is 5.54 Å². The van der Waals surface area contributed by atoms with E-state index in [-0.39, 0.29) is 11.8 Å². The average molecular weight is 466 g/mol. The van der Waals surface area contributed by atoms with Crippen LogP contribution in [0.25, 0.3) is 0 Å².